The van der Waals surface area contributed by atoms with Crippen molar-refractivity contribution in [2.45, 2.75) is 0 Å². The SMILES string of the molecule is Cn1cc2ccc(-c3cscn3)cc2n1. The van der Waals surface area contributed by atoms with Gasteiger partial charge in [-0.25, -0.2) is 4.98 Å². The summed E-state index contributed by atoms with van der Waals surface area (Å²) in [4.78, 5) is 4.28. The minimum atomic E-state index is 1.02. The lowest BCUT2D eigenvalue weighted by molar-refractivity contribution is 0.780. The predicted molar refractivity (Wildman–Crippen MR) is 61.8 cm³/mol. The van der Waals surface area contributed by atoms with Gasteiger partial charge in [-0.05, 0) is 6.07 Å². The van der Waals surface area contributed by atoms with E-state index in [1.165, 1.54) is 0 Å². The first-order valence-electron chi connectivity index (χ1n) is 4.65. The third-order valence-electron chi connectivity index (χ3n) is 2.35. The molecule has 2 heterocycles. The van der Waals surface area contributed by atoms with Gasteiger partial charge in [0.05, 0.1) is 16.7 Å². The molecule has 15 heavy (non-hydrogen) atoms. The van der Waals surface area contributed by atoms with Gasteiger partial charge in [0.15, 0.2) is 0 Å². The highest BCUT2D eigenvalue weighted by Crippen LogP contribution is 2.23. The Kier molecular flexibility index (Phi) is 1.82. The van der Waals surface area contributed by atoms with Crippen LogP contribution in [0, 0.1) is 0 Å². The van der Waals surface area contributed by atoms with Gasteiger partial charge in [0.1, 0.15) is 0 Å². The van der Waals surface area contributed by atoms with Gasteiger partial charge in [-0.1, -0.05) is 12.1 Å². The molecule has 0 saturated heterocycles. The molecule has 0 amide bonds. The Morgan fingerprint density at radius 1 is 1.33 bits per heavy atom. The Morgan fingerprint density at radius 3 is 3.07 bits per heavy atom. The van der Waals surface area contributed by atoms with E-state index in [-0.39, 0.29) is 0 Å². The molecule has 1 aromatic carbocycles. The number of benzene rings is 1. The van der Waals surface area contributed by atoms with Gasteiger partial charge in [0, 0.05) is 29.6 Å². The smallest absolute Gasteiger partial charge is 0.0929 e. The van der Waals surface area contributed by atoms with Crippen molar-refractivity contribution in [3.8, 4) is 11.3 Å². The molecule has 0 aliphatic carbocycles. The molecule has 0 N–H and O–H groups in total. The summed E-state index contributed by atoms with van der Waals surface area (Å²) in [5.41, 5.74) is 5.01. The molecule has 0 fully saturated rings. The van der Waals surface area contributed by atoms with E-state index in [1.807, 2.05) is 28.8 Å². The summed E-state index contributed by atoms with van der Waals surface area (Å²) in [7, 11) is 1.93. The third-order valence-corrected chi connectivity index (χ3v) is 2.94. The molecular formula is C11H9N3S. The summed E-state index contributed by atoms with van der Waals surface area (Å²) in [5, 5.41) is 7.59. The van der Waals surface area contributed by atoms with Crippen LogP contribution in [0.15, 0.2) is 35.3 Å². The number of fused-ring (bicyclic) bond motifs is 1. The Morgan fingerprint density at radius 2 is 2.27 bits per heavy atom. The van der Waals surface area contributed by atoms with E-state index in [0.717, 1.165) is 22.2 Å². The number of thiazole rings is 1. The van der Waals surface area contributed by atoms with Crippen LogP contribution in [0.2, 0.25) is 0 Å². The Hall–Kier alpha value is -1.68. The van der Waals surface area contributed by atoms with E-state index < -0.39 is 0 Å². The Bertz CT molecular complexity index is 595. The summed E-state index contributed by atoms with van der Waals surface area (Å²) >= 11 is 1.61. The predicted octanol–water partition coefficient (Wildman–Crippen LogP) is 2.70. The molecular weight excluding hydrogens is 206 g/mol. The van der Waals surface area contributed by atoms with Gasteiger partial charge in [0.2, 0.25) is 0 Å². The van der Waals surface area contributed by atoms with Crippen LogP contribution in [-0.2, 0) is 7.05 Å². The van der Waals surface area contributed by atoms with Crippen molar-refractivity contribution in [1.29, 1.82) is 0 Å². The van der Waals surface area contributed by atoms with Crippen LogP contribution < -0.4 is 0 Å². The zero-order valence-electron chi connectivity index (χ0n) is 8.21. The minimum Gasteiger partial charge on any atom is -0.275 e. The Labute approximate surface area is 91.0 Å². The molecule has 0 saturated carbocycles. The zero-order valence-corrected chi connectivity index (χ0v) is 9.03. The average molecular weight is 215 g/mol. The molecule has 3 aromatic rings. The number of aromatic nitrogens is 3. The van der Waals surface area contributed by atoms with Gasteiger partial charge in [-0.3, -0.25) is 4.68 Å². The van der Waals surface area contributed by atoms with E-state index in [1.54, 1.807) is 11.3 Å². The van der Waals surface area contributed by atoms with E-state index >= 15 is 0 Å². The highest BCUT2D eigenvalue weighted by atomic mass is 32.1. The monoisotopic (exact) mass is 215 g/mol. The molecule has 3 rings (SSSR count). The normalized spacial score (nSPS) is 11.0. The largest absolute Gasteiger partial charge is 0.275 e. The van der Waals surface area contributed by atoms with Crippen LogP contribution in [0.3, 0.4) is 0 Å². The topological polar surface area (TPSA) is 30.7 Å². The lowest BCUT2D eigenvalue weighted by Crippen LogP contribution is -1.84. The molecule has 0 aliphatic heterocycles. The van der Waals surface area contributed by atoms with Crippen LogP contribution in [0.4, 0.5) is 0 Å². The van der Waals surface area contributed by atoms with Gasteiger partial charge < -0.3 is 0 Å². The van der Waals surface area contributed by atoms with Crippen molar-refractivity contribution < 1.29 is 0 Å². The summed E-state index contributed by atoms with van der Waals surface area (Å²) in [6.45, 7) is 0. The number of hydrogen-bond donors (Lipinski definition) is 0. The molecule has 3 nitrogen and oxygen atoms in total. The summed E-state index contributed by atoms with van der Waals surface area (Å²) < 4.78 is 1.83. The maximum atomic E-state index is 4.38. The molecule has 0 atom stereocenters. The van der Waals surface area contributed by atoms with Gasteiger partial charge in [-0.2, -0.15) is 5.10 Å². The molecule has 74 valence electrons. The lowest BCUT2D eigenvalue weighted by atomic mass is 10.1. The van der Waals surface area contributed by atoms with Gasteiger partial charge >= 0.3 is 0 Å². The van der Waals surface area contributed by atoms with Gasteiger partial charge in [-0.15, -0.1) is 11.3 Å². The van der Waals surface area contributed by atoms with Crippen molar-refractivity contribution in [1.82, 2.24) is 14.8 Å². The number of aryl methyl sites for hydroxylation is 1. The zero-order chi connectivity index (χ0) is 10.3. The molecule has 0 radical (unpaired) electrons. The highest BCUT2D eigenvalue weighted by molar-refractivity contribution is 7.07. The van der Waals surface area contributed by atoms with Crippen molar-refractivity contribution in [2.75, 3.05) is 0 Å². The molecule has 4 heteroatoms. The third kappa shape index (κ3) is 1.43. The number of nitrogens with zero attached hydrogens (tertiary/aromatic N) is 3. The van der Waals surface area contributed by atoms with Crippen LogP contribution in [0.25, 0.3) is 22.2 Å². The Balaban J connectivity index is 2.21. The minimum absolute atomic E-state index is 1.02. The second-order valence-corrected chi connectivity index (χ2v) is 4.17. The standard InChI is InChI=1S/C11H9N3S/c1-14-5-9-3-2-8(4-10(9)13-14)11-6-15-7-12-11/h2-7H,1H3. The van der Waals surface area contributed by atoms with Crippen LogP contribution in [0.1, 0.15) is 0 Å². The fourth-order valence-electron chi connectivity index (χ4n) is 1.65. The van der Waals surface area contributed by atoms with Crippen molar-refractivity contribution in [3.63, 3.8) is 0 Å². The number of rotatable bonds is 1. The lowest BCUT2D eigenvalue weighted by Gasteiger charge is -1.95. The summed E-state index contributed by atoms with van der Waals surface area (Å²) in [5.74, 6) is 0. The van der Waals surface area contributed by atoms with E-state index in [2.05, 4.69) is 28.3 Å². The van der Waals surface area contributed by atoms with E-state index in [0.29, 0.717) is 0 Å². The van der Waals surface area contributed by atoms with Crippen molar-refractivity contribution in [3.05, 3.63) is 35.3 Å². The fourth-order valence-corrected chi connectivity index (χ4v) is 2.22. The maximum Gasteiger partial charge on any atom is 0.0929 e. The molecule has 0 unspecified atom stereocenters. The summed E-state index contributed by atoms with van der Waals surface area (Å²) in [6.07, 6.45) is 2.01. The van der Waals surface area contributed by atoms with Crippen LogP contribution in [0.5, 0.6) is 0 Å². The van der Waals surface area contributed by atoms with Gasteiger partial charge in [0.25, 0.3) is 0 Å². The molecule has 0 spiro atoms. The summed E-state index contributed by atoms with van der Waals surface area (Å²) in [6, 6.07) is 6.24. The average Bonchev–Trinajstić information content (AvgIpc) is 2.82. The van der Waals surface area contributed by atoms with Crippen LogP contribution in [-0.4, -0.2) is 14.8 Å². The van der Waals surface area contributed by atoms with Crippen LogP contribution >= 0.6 is 11.3 Å². The second kappa shape index (κ2) is 3.17. The maximum absolute atomic E-state index is 4.38. The molecule has 0 bridgehead atoms. The first kappa shape index (κ1) is 8.61. The van der Waals surface area contributed by atoms with Crippen molar-refractivity contribution >= 4 is 22.2 Å². The fraction of sp³-hybridized carbons (Fsp3) is 0.0909. The quantitative estimate of drug-likeness (QED) is 0.625. The first-order chi connectivity index (χ1) is 7.33. The van der Waals surface area contributed by atoms with Crippen molar-refractivity contribution in [2.24, 2.45) is 7.05 Å². The van der Waals surface area contributed by atoms with E-state index in [4.69, 9.17) is 0 Å². The first-order valence-corrected chi connectivity index (χ1v) is 5.59. The molecule has 2 aromatic heterocycles. The second-order valence-electron chi connectivity index (χ2n) is 3.45. The highest BCUT2D eigenvalue weighted by Gasteiger charge is 2.03. The van der Waals surface area contributed by atoms with E-state index in [9.17, 15) is 0 Å². The number of hydrogen-bond acceptors (Lipinski definition) is 3. The molecule has 0 aliphatic rings.